The summed E-state index contributed by atoms with van der Waals surface area (Å²) >= 11 is 0. The third-order valence-corrected chi connectivity index (χ3v) is 4.32. The summed E-state index contributed by atoms with van der Waals surface area (Å²) in [4.78, 5) is 21.4. The fourth-order valence-corrected chi connectivity index (χ4v) is 3.01. The van der Waals surface area contributed by atoms with Crippen molar-refractivity contribution >= 4 is 11.9 Å². The van der Waals surface area contributed by atoms with Gasteiger partial charge < -0.3 is 5.32 Å². The maximum atomic E-state index is 13.2. The topological polar surface area (TPSA) is 90.4 Å². The van der Waals surface area contributed by atoms with Crippen molar-refractivity contribution in [1.82, 2.24) is 26.5 Å². The number of nitrogens with zero attached hydrogens (tertiary/aromatic N) is 2. The van der Waals surface area contributed by atoms with E-state index in [2.05, 4.69) is 31.5 Å². The van der Waals surface area contributed by atoms with Gasteiger partial charge in [-0.05, 0) is 57.5 Å². The molecule has 8 heteroatoms. The quantitative estimate of drug-likeness (QED) is 0.471. The zero-order chi connectivity index (χ0) is 21.0. The molecule has 0 bridgehead atoms. The molecule has 1 aliphatic heterocycles. The predicted molar refractivity (Wildman–Crippen MR) is 111 cm³/mol. The van der Waals surface area contributed by atoms with Gasteiger partial charge in [-0.15, -0.1) is 0 Å². The van der Waals surface area contributed by atoms with E-state index in [-0.39, 0.29) is 29.5 Å². The van der Waals surface area contributed by atoms with Gasteiger partial charge in [0.25, 0.3) is 5.91 Å². The first-order valence-corrected chi connectivity index (χ1v) is 9.56. The number of aromatic nitrogens is 1. The van der Waals surface area contributed by atoms with Crippen LogP contribution in [0.1, 0.15) is 54.8 Å². The van der Waals surface area contributed by atoms with Crippen LogP contribution in [0.5, 0.6) is 0 Å². The van der Waals surface area contributed by atoms with E-state index >= 15 is 0 Å². The molecule has 2 atom stereocenters. The average molecular weight is 398 g/mol. The molecule has 0 spiro atoms. The van der Waals surface area contributed by atoms with Crippen LogP contribution in [0.2, 0.25) is 0 Å². The Balaban J connectivity index is 1.73. The largest absolute Gasteiger partial charge is 0.351 e. The van der Waals surface area contributed by atoms with Gasteiger partial charge in [0.05, 0.1) is 0 Å². The Kier molecular flexibility index (Phi) is 6.24. The van der Waals surface area contributed by atoms with Crippen LogP contribution in [0.4, 0.5) is 4.39 Å². The van der Waals surface area contributed by atoms with Crippen molar-refractivity contribution in [3.8, 4) is 0 Å². The summed E-state index contributed by atoms with van der Waals surface area (Å²) in [6.07, 6.45) is 2.01. The lowest BCUT2D eigenvalue weighted by Crippen LogP contribution is -2.50. The number of halogens is 1. The van der Waals surface area contributed by atoms with Gasteiger partial charge in [0.1, 0.15) is 12.0 Å². The maximum Gasteiger partial charge on any atom is 0.258 e. The summed E-state index contributed by atoms with van der Waals surface area (Å²) in [6, 6.07) is 9.78. The highest BCUT2D eigenvalue weighted by atomic mass is 19.1. The molecule has 2 aromatic rings. The van der Waals surface area contributed by atoms with Crippen LogP contribution in [0.25, 0.3) is 0 Å². The van der Waals surface area contributed by atoms with Gasteiger partial charge in [0.15, 0.2) is 5.96 Å². The van der Waals surface area contributed by atoms with Gasteiger partial charge in [-0.2, -0.15) is 0 Å². The highest BCUT2D eigenvalue weighted by molar-refractivity contribution is 6.05. The molecule has 2 unspecified atom stereocenters. The minimum atomic E-state index is -0.289. The number of nitrogens with one attached hydrogen (secondary N) is 4. The fourth-order valence-electron chi connectivity index (χ4n) is 3.01. The number of rotatable bonds is 3. The van der Waals surface area contributed by atoms with Crippen LogP contribution in [-0.4, -0.2) is 28.6 Å². The molecule has 1 aromatic carbocycles. The molecule has 29 heavy (non-hydrogen) atoms. The molecule has 1 amide bonds. The SMILES string of the molecule is Cc1cc(C(=O)NC(=NC2CC(c3ccc(F)cc3)NN2)NC(C)(C)C)ccn1. The number of carbonyl (C=O) groups excluding carboxylic acids is 1. The number of hydrogen-bond donors (Lipinski definition) is 4. The number of aryl methyl sites for hydroxylation is 1. The van der Waals surface area contributed by atoms with E-state index in [0.717, 1.165) is 11.3 Å². The summed E-state index contributed by atoms with van der Waals surface area (Å²) < 4.78 is 13.2. The van der Waals surface area contributed by atoms with Crippen molar-refractivity contribution < 1.29 is 9.18 Å². The summed E-state index contributed by atoms with van der Waals surface area (Å²) in [5.41, 5.74) is 8.27. The van der Waals surface area contributed by atoms with Crippen molar-refractivity contribution in [2.75, 3.05) is 0 Å². The Morgan fingerprint density at radius 1 is 1.21 bits per heavy atom. The van der Waals surface area contributed by atoms with E-state index in [1.807, 2.05) is 27.7 Å². The second-order valence-corrected chi connectivity index (χ2v) is 8.14. The van der Waals surface area contributed by atoms with E-state index in [0.29, 0.717) is 17.9 Å². The van der Waals surface area contributed by atoms with Crippen LogP contribution in [-0.2, 0) is 0 Å². The molecule has 2 heterocycles. The highest BCUT2D eigenvalue weighted by Gasteiger charge is 2.26. The van der Waals surface area contributed by atoms with Crippen LogP contribution in [0, 0.1) is 12.7 Å². The zero-order valence-electron chi connectivity index (χ0n) is 17.1. The second kappa shape index (κ2) is 8.67. The third kappa shape index (κ3) is 6.07. The number of guanidine groups is 1. The smallest absolute Gasteiger partial charge is 0.258 e. The van der Waals surface area contributed by atoms with Crippen LogP contribution in [0.3, 0.4) is 0 Å². The highest BCUT2D eigenvalue weighted by Crippen LogP contribution is 2.23. The fraction of sp³-hybridized carbons (Fsp3) is 0.381. The number of aliphatic imine (C=N–C) groups is 1. The Labute approximate surface area is 170 Å². The summed E-state index contributed by atoms with van der Waals surface area (Å²) in [6.45, 7) is 7.82. The lowest BCUT2D eigenvalue weighted by Gasteiger charge is -2.24. The predicted octanol–water partition coefficient (Wildman–Crippen LogP) is 2.57. The molecule has 3 rings (SSSR count). The first-order chi connectivity index (χ1) is 13.7. The van der Waals surface area contributed by atoms with Gasteiger partial charge in [0.2, 0.25) is 0 Å². The Hall–Kier alpha value is -2.84. The van der Waals surface area contributed by atoms with Crippen molar-refractivity contribution in [3.63, 3.8) is 0 Å². The molecular weight excluding hydrogens is 371 g/mol. The number of hydrazine groups is 1. The first-order valence-electron chi connectivity index (χ1n) is 9.56. The van der Waals surface area contributed by atoms with E-state index in [1.165, 1.54) is 12.1 Å². The molecule has 7 nitrogen and oxygen atoms in total. The van der Waals surface area contributed by atoms with Crippen molar-refractivity contribution in [2.24, 2.45) is 4.99 Å². The molecule has 4 N–H and O–H groups in total. The van der Waals surface area contributed by atoms with Crippen molar-refractivity contribution in [2.45, 2.75) is 51.9 Å². The average Bonchev–Trinajstić information content (AvgIpc) is 3.09. The van der Waals surface area contributed by atoms with Gasteiger partial charge >= 0.3 is 0 Å². The number of carbonyl (C=O) groups is 1. The second-order valence-electron chi connectivity index (χ2n) is 8.14. The van der Waals surface area contributed by atoms with Crippen molar-refractivity contribution in [3.05, 3.63) is 65.2 Å². The lowest BCUT2D eigenvalue weighted by atomic mass is 10.0. The van der Waals surface area contributed by atoms with Gasteiger partial charge in [0, 0.05) is 35.5 Å². The van der Waals surface area contributed by atoms with E-state index in [4.69, 9.17) is 0 Å². The van der Waals surface area contributed by atoms with E-state index in [9.17, 15) is 9.18 Å². The third-order valence-electron chi connectivity index (χ3n) is 4.32. The zero-order valence-corrected chi connectivity index (χ0v) is 17.1. The Morgan fingerprint density at radius 2 is 1.93 bits per heavy atom. The van der Waals surface area contributed by atoms with Gasteiger partial charge in [-0.3, -0.25) is 15.1 Å². The molecule has 1 aromatic heterocycles. The molecule has 0 radical (unpaired) electrons. The number of amides is 1. The van der Waals surface area contributed by atoms with E-state index < -0.39 is 0 Å². The molecule has 0 aliphatic carbocycles. The number of benzene rings is 1. The molecule has 0 saturated carbocycles. The van der Waals surface area contributed by atoms with Crippen molar-refractivity contribution in [1.29, 1.82) is 0 Å². The Morgan fingerprint density at radius 3 is 2.59 bits per heavy atom. The van der Waals surface area contributed by atoms with Crippen LogP contribution in [0.15, 0.2) is 47.6 Å². The molecule has 154 valence electrons. The van der Waals surface area contributed by atoms with Gasteiger partial charge in [-0.25, -0.2) is 20.2 Å². The van der Waals surface area contributed by atoms with Crippen LogP contribution < -0.4 is 21.5 Å². The minimum absolute atomic E-state index is 0.00112. The normalized spacial score (nSPS) is 19.8. The molecular formula is C21H27FN6O. The number of hydrogen-bond acceptors (Lipinski definition) is 5. The summed E-state index contributed by atoms with van der Waals surface area (Å²) in [5.74, 6) is -0.136. The summed E-state index contributed by atoms with van der Waals surface area (Å²) in [5, 5.41) is 6.11. The monoisotopic (exact) mass is 398 g/mol. The van der Waals surface area contributed by atoms with Gasteiger partial charge in [-0.1, -0.05) is 12.1 Å². The maximum absolute atomic E-state index is 13.2. The van der Waals surface area contributed by atoms with E-state index in [1.54, 1.807) is 30.5 Å². The molecule has 1 fully saturated rings. The minimum Gasteiger partial charge on any atom is -0.351 e. The first kappa shape index (κ1) is 20.9. The lowest BCUT2D eigenvalue weighted by molar-refractivity contribution is 0.0975. The number of pyridine rings is 1. The van der Waals surface area contributed by atoms with Crippen LogP contribution >= 0.6 is 0 Å². The summed E-state index contributed by atoms with van der Waals surface area (Å²) in [7, 11) is 0. The molecule has 1 aliphatic rings. The standard InChI is InChI=1S/C21H27FN6O/c1-13-11-15(9-10-23-13)19(29)25-20(26-21(2,3)4)24-18-12-17(27-28-18)14-5-7-16(22)8-6-14/h5-11,17-18,27-28H,12H2,1-4H3,(H2,24,25,26,29). The molecule has 1 saturated heterocycles. The Bertz CT molecular complexity index is 891.